The number of H-pyrrole nitrogens is 1. The van der Waals surface area contributed by atoms with Crippen LogP contribution in [0.1, 0.15) is 42.2 Å². The van der Waals surface area contributed by atoms with Crippen molar-refractivity contribution in [1.29, 1.82) is 0 Å². The van der Waals surface area contributed by atoms with Gasteiger partial charge in [-0.25, -0.2) is 4.98 Å². The van der Waals surface area contributed by atoms with Gasteiger partial charge in [0, 0.05) is 45.5 Å². The third-order valence-electron chi connectivity index (χ3n) is 7.01. The Hall–Kier alpha value is -4.13. The Morgan fingerprint density at radius 2 is 1.70 bits per heavy atom. The van der Waals surface area contributed by atoms with E-state index in [1.165, 1.54) is 0 Å². The van der Waals surface area contributed by atoms with Crippen LogP contribution >= 0.6 is 23.2 Å². The SMILES string of the molecule is CC1(C)C[C@@H](NC(=O)c2ccccc2)c2cc(-c3ccc(Cl)cc3)c(-c3ccc(-c4cn[nH]c4)cc3Cl)nc2O1. The highest BCUT2D eigenvalue weighted by Crippen LogP contribution is 2.45. The molecule has 1 atom stereocenters. The zero-order valence-corrected chi connectivity index (χ0v) is 23.4. The monoisotopic (exact) mass is 568 g/mol. The molecule has 0 unspecified atom stereocenters. The number of aromatic nitrogens is 3. The zero-order valence-electron chi connectivity index (χ0n) is 21.9. The summed E-state index contributed by atoms with van der Waals surface area (Å²) in [5.74, 6) is 0.321. The van der Waals surface area contributed by atoms with Crippen molar-refractivity contribution in [2.75, 3.05) is 0 Å². The molecule has 6 nitrogen and oxygen atoms in total. The lowest BCUT2D eigenvalue weighted by atomic mass is 9.88. The minimum Gasteiger partial charge on any atom is -0.471 e. The summed E-state index contributed by atoms with van der Waals surface area (Å²) in [5, 5.41) is 11.3. The van der Waals surface area contributed by atoms with Crippen LogP contribution in [0.5, 0.6) is 5.88 Å². The fourth-order valence-electron chi connectivity index (χ4n) is 5.06. The molecule has 8 heteroatoms. The Labute approximate surface area is 242 Å². The van der Waals surface area contributed by atoms with Gasteiger partial charge in [0.15, 0.2) is 0 Å². The molecular weight excluding hydrogens is 543 g/mol. The first-order valence-electron chi connectivity index (χ1n) is 12.9. The van der Waals surface area contributed by atoms with Crippen molar-refractivity contribution in [3.63, 3.8) is 0 Å². The van der Waals surface area contributed by atoms with E-state index in [0.29, 0.717) is 33.6 Å². The molecule has 0 radical (unpaired) electrons. The maximum Gasteiger partial charge on any atom is 0.251 e. The number of fused-ring (bicyclic) bond motifs is 1. The molecule has 0 saturated heterocycles. The number of hydrogen-bond acceptors (Lipinski definition) is 4. The third kappa shape index (κ3) is 5.20. The van der Waals surface area contributed by atoms with E-state index >= 15 is 0 Å². The molecule has 3 aromatic carbocycles. The minimum absolute atomic E-state index is 0.149. The number of halogens is 2. The quantitative estimate of drug-likeness (QED) is 0.224. The second-order valence-corrected chi connectivity index (χ2v) is 11.3. The summed E-state index contributed by atoms with van der Waals surface area (Å²) in [7, 11) is 0. The number of nitrogens with one attached hydrogen (secondary N) is 2. The number of hydrogen-bond donors (Lipinski definition) is 2. The van der Waals surface area contributed by atoms with Crippen molar-refractivity contribution >= 4 is 29.1 Å². The Morgan fingerprint density at radius 3 is 2.40 bits per heavy atom. The van der Waals surface area contributed by atoms with Gasteiger partial charge in [0.2, 0.25) is 5.88 Å². The van der Waals surface area contributed by atoms with E-state index in [4.69, 9.17) is 32.9 Å². The van der Waals surface area contributed by atoms with E-state index in [9.17, 15) is 4.79 Å². The van der Waals surface area contributed by atoms with Crippen LogP contribution in [0.4, 0.5) is 0 Å². The van der Waals surface area contributed by atoms with Gasteiger partial charge >= 0.3 is 0 Å². The summed E-state index contributed by atoms with van der Waals surface area (Å²) < 4.78 is 6.39. The second kappa shape index (κ2) is 10.5. The van der Waals surface area contributed by atoms with Crippen LogP contribution in [-0.2, 0) is 0 Å². The smallest absolute Gasteiger partial charge is 0.251 e. The van der Waals surface area contributed by atoms with Crippen LogP contribution in [0, 0.1) is 0 Å². The molecule has 6 rings (SSSR count). The summed E-state index contributed by atoms with van der Waals surface area (Å²) in [6.45, 7) is 4.00. The Balaban J connectivity index is 1.49. The molecule has 0 bridgehead atoms. The number of carbonyl (C=O) groups is 1. The number of benzene rings is 3. The summed E-state index contributed by atoms with van der Waals surface area (Å²) in [4.78, 5) is 18.2. The minimum atomic E-state index is -0.553. The van der Waals surface area contributed by atoms with Crippen LogP contribution in [0.2, 0.25) is 10.0 Å². The largest absolute Gasteiger partial charge is 0.471 e. The molecule has 0 fully saturated rings. The first-order valence-corrected chi connectivity index (χ1v) is 13.7. The number of rotatable bonds is 5. The molecule has 1 amide bonds. The highest BCUT2D eigenvalue weighted by atomic mass is 35.5. The molecule has 1 aliphatic heterocycles. The van der Waals surface area contributed by atoms with Gasteiger partial charge in [-0.3, -0.25) is 9.89 Å². The topological polar surface area (TPSA) is 79.9 Å². The fraction of sp³-hybridized carbons (Fsp3) is 0.156. The van der Waals surface area contributed by atoms with Gasteiger partial charge in [0.25, 0.3) is 5.91 Å². The molecule has 200 valence electrons. The molecule has 3 heterocycles. The average molecular weight is 569 g/mol. The van der Waals surface area contributed by atoms with Crippen LogP contribution in [0.3, 0.4) is 0 Å². The predicted octanol–water partition coefficient (Wildman–Crippen LogP) is 8.14. The van der Waals surface area contributed by atoms with Crippen molar-refractivity contribution in [3.05, 3.63) is 112 Å². The standard InChI is InChI=1S/C32H26Cl2N4O2/c1-32(2)16-28(37-30(39)20-6-4-3-5-7-20)26-15-25(19-8-11-23(33)12-9-19)29(38-31(26)40-32)24-13-10-21(14-27(24)34)22-17-35-36-18-22/h3-15,17-18,28H,16H2,1-2H3,(H,35,36)(H,37,39)/t28-/m1/s1. The fourth-order valence-corrected chi connectivity index (χ4v) is 5.45. The summed E-state index contributed by atoms with van der Waals surface area (Å²) in [6.07, 6.45) is 4.16. The van der Waals surface area contributed by atoms with Crippen molar-refractivity contribution in [1.82, 2.24) is 20.5 Å². The maximum atomic E-state index is 13.2. The molecule has 2 N–H and O–H groups in total. The zero-order chi connectivity index (χ0) is 27.9. The van der Waals surface area contributed by atoms with E-state index in [1.807, 2.05) is 86.8 Å². The van der Waals surface area contributed by atoms with Gasteiger partial charge in [-0.15, -0.1) is 0 Å². The van der Waals surface area contributed by atoms with Gasteiger partial charge in [-0.1, -0.05) is 65.7 Å². The molecule has 40 heavy (non-hydrogen) atoms. The first kappa shape index (κ1) is 26.1. The third-order valence-corrected chi connectivity index (χ3v) is 7.58. The Morgan fingerprint density at radius 1 is 0.950 bits per heavy atom. The molecule has 5 aromatic rings. The average Bonchev–Trinajstić information content (AvgIpc) is 3.48. The van der Waals surface area contributed by atoms with Crippen LogP contribution < -0.4 is 10.1 Å². The highest BCUT2D eigenvalue weighted by Gasteiger charge is 2.37. The Kier molecular flexibility index (Phi) is 6.82. The lowest BCUT2D eigenvalue weighted by Crippen LogP contribution is -2.41. The highest BCUT2D eigenvalue weighted by molar-refractivity contribution is 6.33. The lowest BCUT2D eigenvalue weighted by Gasteiger charge is -2.37. The molecule has 0 spiro atoms. The molecule has 0 aliphatic carbocycles. The first-order chi connectivity index (χ1) is 19.3. The number of nitrogens with zero attached hydrogens (tertiary/aromatic N) is 2. The summed E-state index contributed by atoms with van der Waals surface area (Å²) in [5.41, 5.74) is 5.94. The van der Waals surface area contributed by atoms with Crippen LogP contribution in [0.25, 0.3) is 33.5 Å². The van der Waals surface area contributed by atoms with E-state index in [1.54, 1.807) is 18.3 Å². The molecule has 1 aliphatic rings. The van der Waals surface area contributed by atoms with E-state index < -0.39 is 5.60 Å². The second-order valence-electron chi connectivity index (χ2n) is 10.4. The van der Waals surface area contributed by atoms with Gasteiger partial charge < -0.3 is 10.1 Å². The lowest BCUT2D eigenvalue weighted by molar-refractivity contribution is 0.0572. The van der Waals surface area contributed by atoms with Gasteiger partial charge in [0.05, 0.1) is 23.0 Å². The predicted molar refractivity (Wildman–Crippen MR) is 159 cm³/mol. The molecule has 2 aromatic heterocycles. The molecular formula is C32H26Cl2N4O2. The van der Waals surface area contributed by atoms with Gasteiger partial charge in [0.1, 0.15) is 5.60 Å². The van der Waals surface area contributed by atoms with E-state index in [0.717, 1.165) is 33.4 Å². The van der Waals surface area contributed by atoms with Gasteiger partial charge in [-0.2, -0.15) is 5.10 Å². The van der Waals surface area contributed by atoms with Crippen molar-refractivity contribution in [3.8, 4) is 39.4 Å². The van der Waals surface area contributed by atoms with Crippen molar-refractivity contribution in [2.45, 2.75) is 31.9 Å². The summed E-state index contributed by atoms with van der Waals surface area (Å²) in [6, 6.07) is 24.4. The van der Waals surface area contributed by atoms with E-state index in [-0.39, 0.29) is 11.9 Å². The summed E-state index contributed by atoms with van der Waals surface area (Å²) >= 11 is 13.1. The maximum absolute atomic E-state index is 13.2. The van der Waals surface area contributed by atoms with Crippen LogP contribution in [0.15, 0.2) is 91.3 Å². The number of amides is 1. The number of aromatic amines is 1. The molecule has 0 saturated carbocycles. The van der Waals surface area contributed by atoms with Crippen molar-refractivity contribution < 1.29 is 9.53 Å². The van der Waals surface area contributed by atoms with Gasteiger partial charge in [-0.05, 0) is 61.4 Å². The van der Waals surface area contributed by atoms with E-state index in [2.05, 4.69) is 15.5 Å². The van der Waals surface area contributed by atoms with Crippen molar-refractivity contribution in [2.24, 2.45) is 0 Å². The number of ether oxygens (including phenoxy) is 1. The Bertz CT molecular complexity index is 1680. The van der Waals surface area contributed by atoms with Crippen LogP contribution in [-0.4, -0.2) is 26.7 Å². The number of pyridine rings is 1. The normalized spacial score (nSPS) is 15.7. The number of carbonyl (C=O) groups excluding carboxylic acids is 1.